The second-order valence-corrected chi connectivity index (χ2v) is 4.48. The molecule has 0 aliphatic heterocycles. The van der Waals surface area contributed by atoms with Crippen molar-refractivity contribution in [1.29, 1.82) is 0 Å². The number of hydrogen-bond donors (Lipinski definition) is 1. The summed E-state index contributed by atoms with van der Waals surface area (Å²) in [6, 6.07) is 4.72. The van der Waals surface area contributed by atoms with E-state index in [-0.39, 0.29) is 11.4 Å². The number of aliphatic hydroxyl groups is 1. The van der Waals surface area contributed by atoms with Crippen LogP contribution in [0.15, 0.2) is 24.4 Å². The Hall–Kier alpha value is -1.04. The van der Waals surface area contributed by atoms with Gasteiger partial charge in [0, 0.05) is 6.42 Å². The van der Waals surface area contributed by atoms with Gasteiger partial charge in [-0.3, -0.25) is 0 Å². The molecule has 1 atom stereocenters. The van der Waals surface area contributed by atoms with E-state index in [9.17, 15) is 9.50 Å². The quantitative estimate of drug-likeness (QED) is 0.921. The molecule has 0 bridgehead atoms. The lowest BCUT2D eigenvalue weighted by molar-refractivity contribution is 0.180. The van der Waals surface area contributed by atoms with E-state index in [0.717, 1.165) is 11.5 Å². The van der Waals surface area contributed by atoms with E-state index in [4.69, 9.17) is 11.6 Å². The molecular formula is C10H8ClFN2OS. The average Bonchev–Trinajstić information content (AvgIpc) is 2.78. The molecule has 0 fully saturated rings. The first-order chi connectivity index (χ1) is 7.68. The minimum atomic E-state index is -0.798. The summed E-state index contributed by atoms with van der Waals surface area (Å²) < 4.78 is 17.2. The Bertz CT molecular complexity index is 478. The second kappa shape index (κ2) is 4.86. The molecule has 3 nitrogen and oxygen atoms in total. The number of nitrogens with zero attached hydrogens (tertiary/aromatic N) is 2. The number of benzene rings is 1. The highest BCUT2D eigenvalue weighted by Crippen LogP contribution is 2.24. The zero-order chi connectivity index (χ0) is 11.5. The molecule has 1 unspecified atom stereocenters. The summed E-state index contributed by atoms with van der Waals surface area (Å²) in [7, 11) is 0. The third-order valence-electron chi connectivity index (χ3n) is 2.15. The number of aliphatic hydroxyl groups excluding tert-OH is 1. The molecule has 1 heterocycles. The van der Waals surface area contributed by atoms with Gasteiger partial charge in [-0.25, -0.2) is 4.39 Å². The summed E-state index contributed by atoms with van der Waals surface area (Å²) in [6.45, 7) is 0. The SMILES string of the molecule is OC(Cc1cccc(Cl)c1F)c1cnns1. The van der Waals surface area contributed by atoms with Crippen LogP contribution in [0, 0.1) is 5.82 Å². The van der Waals surface area contributed by atoms with Crippen LogP contribution in [0.25, 0.3) is 0 Å². The van der Waals surface area contributed by atoms with E-state index >= 15 is 0 Å². The molecule has 0 aliphatic carbocycles. The number of halogens is 2. The average molecular weight is 259 g/mol. The van der Waals surface area contributed by atoms with E-state index in [1.54, 1.807) is 12.1 Å². The normalized spacial score (nSPS) is 12.7. The second-order valence-electron chi connectivity index (χ2n) is 3.25. The summed E-state index contributed by atoms with van der Waals surface area (Å²) in [5.41, 5.74) is 0.383. The van der Waals surface area contributed by atoms with Crippen molar-refractivity contribution < 1.29 is 9.50 Å². The number of aromatic nitrogens is 2. The largest absolute Gasteiger partial charge is 0.387 e. The first kappa shape index (κ1) is 11.4. The molecule has 16 heavy (non-hydrogen) atoms. The summed E-state index contributed by atoms with van der Waals surface area (Å²) in [4.78, 5) is 0.611. The van der Waals surface area contributed by atoms with Crippen molar-refractivity contribution in [2.75, 3.05) is 0 Å². The zero-order valence-electron chi connectivity index (χ0n) is 8.10. The third kappa shape index (κ3) is 2.37. The van der Waals surface area contributed by atoms with Gasteiger partial charge in [-0.2, -0.15) is 0 Å². The van der Waals surface area contributed by atoms with Gasteiger partial charge in [0.05, 0.1) is 22.2 Å². The highest BCUT2D eigenvalue weighted by Gasteiger charge is 2.14. The van der Waals surface area contributed by atoms with Gasteiger partial charge in [0.1, 0.15) is 5.82 Å². The maximum absolute atomic E-state index is 13.5. The van der Waals surface area contributed by atoms with Crippen molar-refractivity contribution in [3.63, 3.8) is 0 Å². The lowest BCUT2D eigenvalue weighted by Crippen LogP contribution is -2.02. The fraction of sp³-hybridized carbons (Fsp3) is 0.200. The van der Waals surface area contributed by atoms with E-state index < -0.39 is 11.9 Å². The van der Waals surface area contributed by atoms with Crippen LogP contribution >= 0.6 is 23.1 Å². The molecule has 2 aromatic rings. The molecule has 0 saturated heterocycles. The van der Waals surface area contributed by atoms with Crippen LogP contribution in [-0.4, -0.2) is 14.7 Å². The molecule has 2 rings (SSSR count). The van der Waals surface area contributed by atoms with Crippen LogP contribution in [-0.2, 0) is 6.42 Å². The Kier molecular flexibility index (Phi) is 3.48. The Labute approximate surface area is 101 Å². The summed E-state index contributed by atoms with van der Waals surface area (Å²) in [6.07, 6.45) is 0.835. The summed E-state index contributed by atoms with van der Waals surface area (Å²) >= 11 is 6.74. The standard InChI is InChI=1S/C10H8ClFN2OS/c11-7-3-1-2-6(10(7)12)4-8(15)9-5-13-14-16-9/h1-3,5,8,15H,4H2. The van der Waals surface area contributed by atoms with Crippen molar-refractivity contribution in [3.05, 3.63) is 45.7 Å². The lowest BCUT2D eigenvalue weighted by Gasteiger charge is -2.08. The maximum atomic E-state index is 13.5. The van der Waals surface area contributed by atoms with Crippen molar-refractivity contribution in [2.24, 2.45) is 0 Å². The molecule has 6 heteroatoms. The molecule has 1 aromatic carbocycles. The molecule has 0 spiro atoms. The van der Waals surface area contributed by atoms with E-state index in [1.807, 2.05) is 0 Å². The molecule has 0 amide bonds. The van der Waals surface area contributed by atoms with Crippen LogP contribution in [0.5, 0.6) is 0 Å². The highest BCUT2D eigenvalue weighted by atomic mass is 35.5. The highest BCUT2D eigenvalue weighted by molar-refractivity contribution is 7.05. The number of hydrogen-bond acceptors (Lipinski definition) is 4. The van der Waals surface area contributed by atoms with Crippen LogP contribution < -0.4 is 0 Å². The molecule has 0 saturated carbocycles. The third-order valence-corrected chi connectivity index (χ3v) is 3.21. The molecule has 1 N–H and O–H groups in total. The topological polar surface area (TPSA) is 46.0 Å². The van der Waals surface area contributed by atoms with Crippen LogP contribution in [0.3, 0.4) is 0 Å². The van der Waals surface area contributed by atoms with Crippen molar-refractivity contribution in [3.8, 4) is 0 Å². The van der Waals surface area contributed by atoms with Gasteiger partial charge in [0.15, 0.2) is 0 Å². The molecule has 84 valence electrons. The molecular weight excluding hydrogens is 251 g/mol. The van der Waals surface area contributed by atoms with Gasteiger partial charge in [-0.05, 0) is 23.2 Å². The first-order valence-electron chi connectivity index (χ1n) is 4.56. The van der Waals surface area contributed by atoms with E-state index in [1.165, 1.54) is 12.3 Å². The van der Waals surface area contributed by atoms with Crippen LogP contribution in [0.2, 0.25) is 5.02 Å². The fourth-order valence-electron chi connectivity index (χ4n) is 1.34. The first-order valence-corrected chi connectivity index (χ1v) is 5.72. The smallest absolute Gasteiger partial charge is 0.145 e. The van der Waals surface area contributed by atoms with Crippen molar-refractivity contribution in [1.82, 2.24) is 9.59 Å². The van der Waals surface area contributed by atoms with Gasteiger partial charge in [-0.15, -0.1) is 5.10 Å². The minimum Gasteiger partial charge on any atom is -0.387 e. The minimum absolute atomic E-state index is 0.0622. The Balaban J connectivity index is 2.18. The van der Waals surface area contributed by atoms with Crippen molar-refractivity contribution >= 4 is 23.1 Å². The van der Waals surface area contributed by atoms with Gasteiger partial charge in [-0.1, -0.05) is 28.2 Å². The van der Waals surface area contributed by atoms with Crippen molar-refractivity contribution in [2.45, 2.75) is 12.5 Å². The lowest BCUT2D eigenvalue weighted by atomic mass is 10.1. The number of rotatable bonds is 3. The summed E-state index contributed by atoms with van der Waals surface area (Å²) in [5, 5.41) is 13.5. The van der Waals surface area contributed by atoms with Gasteiger partial charge in [0.25, 0.3) is 0 Å². The van der Waals surface area contributed by atoms with Gasteiger partial charge in [0.2, 0.25) is 0 Å². The Morgan fingerprint density at radius 3 is 3.00 bits per heavy atom. The molecule has 0 aliphatic rings. The monoisotopic (exact) mass is 258 g/mol. The van der Waals surface area contributed by atoms with Crippen LogP contribution in [0.1, 0.15) is 16.5 Å². The maximum Gasteiger partial charge on any atom is 0.145 e. The van der Waals surface area contributed by atoms with E-state index in [2.05, 4.69) is 9.59 Å². The Morgan fingerprint density at radius 1 is 1.50 bits per heavy atom. The van der Waals surface area contributed by atoms with Crippen LogP contribution in [0.4, 0.5) is 4.39 Å². The Morgan fingerprint density at radius 2 is 2.31 bits per heavy atom. The molecule has 1 aromatic heterocycles. The van der Waals surface area contributed by atoms with Gasteiger partial charge < -0.3 is 5.11 Å². The van der Waals surface area contributed by atoms with Gasteiger partial charge >= 0.3 is 0 Å². The molecule has 0 radical (unpaired) electrons. The zero-order valence-corrected chi connectivity index (χ0v) is 9.67. The predicted molar refractivity (Wildman–Crippen MR) is 60.0 cm³/mol. The summed E-state index contributed by atoms with van der Waals surface area (Å²) in [5.74, 6) is -0.485. The van der Waals surface area contributed by atoms with E-state index in [0.29, 0.717) is 10.4 Å². The fourth-order valence-corrected chi connectivity index (χ4v) is 2.02. The predicted octanol–water partition coefficient (Wildman–Crippen LogP) is 2.61.